The summed E-state index contributed by atoms with van der Waals surface area (Å²) in [6.07, 6.45) is 12.0. The molecule has 5 rings (SSSR count). The molecule has 31 heavy (non-hydrogen) atoms. The summed E-state index contributed by atoms with van der Waals surface area (Å²) in [5.74, 6) is 4.54. The molecule has 5 aliphatic rings. The fraction of sp³-hybridized carbons (Fsp3) is 0.929. The Morgan fingerprint density at radius 3 is 2.45 bits per heavy atom. The molecule has 1 heterocycles. The van der Waals surface area contributed by atoms with E-state index in [0.29, 0.717) is 17.3 Å². The van der Waals surface area contributed by atoms with Crippen LogP contribution in [0.3, 0.4) is 0 Å². The van der Waals surface area contributed by atoms with Gasteiger partial charge in [0.1, 0.15) is 6.10 Å². The summed E-state index contributed by atoms with van der Waals surface area (Å²) in [4.78, 5) is 0. The predicted octanol–water partition coefficient (Wildman–Crippen LogP) is 5.74. The van der Waals surface area contributed by atoms with E-state index in [-0.39, 0.29) is 11.0 Å². The van der Waals surface area contributed by atoms with E-state index in [0.717, 1.165) is 49.5 Å². The van der Waals surface area contributed by atoms with Crippen molar-refractivity contribution in [3.05, 3.63) is 11.6 Å². The normalized spacial score (nSPS) is 52.2. The largest absolute Gasteiger partial charge is 0.390 e. The zero-order valence-corrected chi connectivity index (χ0v) is 20.6. The highest BCUT2D eigenvalue weighted by Crippen LogP contribution is 2.67. The van der Waals surface area contributed by atoms with E-state index in [1.54, 1.807) is 0 Å². The number of aliphatic hydroxyl groups is 2. The highest BCUT2D eigenvalue weighted by Gasteiger charge is 2.60. The summed E-state index contributed by atoms with van der Waals surface area (Å²) in [6.45, 7) is 13.2. The first-order valence-electron chi connectivity index (χ1n) is 13.3. The zero-order chi connectivity index (χ0) is 22.2. The number of rotatable bonds is 5. The molecule has 1 aliphatic heterocycles. The quantitative estimate of drug-likeness (QED) is 0.432. The minimum atomic E-state index is -0.637. The van der Waals surface area contributed by atoms with Gasteiger partial charge >= 0.3 is 0 Å². The lowest BCUT2D eigenvalue weighted by Gasteiger charge is -2.59. The second-order valence-electron chi connectivity index (χ2n) is 13.0. The molecule has 3 heteroatoms. The van der Waals surface area contributed by atoms with Crippen molar-refractivity contribution in [2.45, 2.75) is 110 Å². The van der Waals surface area contributed by atoms with Gasteiger partial charge in [-0.2, -0.15) is 0 Å². The third-order valence-corrected chi connectivity index (χ3v) is 11.5. The van der Waals surface area contributed by atoms with Crippen molar-refractivity contribution in [2.24, 2.45) is 46.3 Å². The second-order valence-corrected chi connectivity index (χ2v) is 13.0. The lowest BCUT2D eigenvalue weighted by Crippen LogP contribution is -2.53. The predicted molar refractivity (Wildman–Crippen MR) is 125 cm³/mol. The van der Waals surface area contributed by atoms with E-state index in [2.05, 4.69) is 40.7 Å². The van der Waals surface area contributed by atoms with Crippen LogP contribution in [0, 0.1) is 46.3 Å². The van der Waals surface area contributed by atoms with Crippen LogP contribution in [-0.4, -0.2) is 34.6 Å². The number of epoxide rings is 1. The van der Waals surface area contributed by atoms with Crippen molar-refractivity contribution in [2.75, 3.05) is 6.61 Å². The van der Waals surface area contributed by atoms with Crippen LogP contribution in [0.2, 0.25) is 0 Å². The molecule has 0 spiro atoms. The summed E-state index contributed by atoms with van der Waals surface area (Å²) in [5.41, 5.74) is 1.93. The van der Waals surface area contributed by atoms with E-state index < -0.39 is 12.2 Å². The number of aliphatic hydroxyl groups excluding tert-OH is 2. The number of hydrogen-bond acceptors (Lipinski definition) is 3. The van der Waals surface area contributed by atoms with Crippen molar-refractivity contribution >= 4 is 0 Å². The van der Waals surface area contributed by atoms with Crippen LogP contribution in [0.15, 0.2) is 11.6 Å². The number of ether oxygens (including phenoxy) is 1. The summed E-state index contributed by atoms with van der Waals surface area (Å²) in [6, 6.07) is 0. The molecule has 0 bridgehead atoms. The zero-order valence-electron chi connectivity index (χ0n) is 20.6. The minimum absolute atomic E-state index is 0.0968. The molecule has 0 unspecified atom stereocenters. The molecule has 0 amide bonds. The molecule has 2 N–H and O–H groups in total. The maximum Gasteiger partial charge on any atom is 0.101 e. The second kappa shape index (κ2) is 7.57. The van der Waals surface area contributed by atoms with Crippen molar-refractivity contribution in [3.63, 3.8) is 0 Å². The highest BCUT2D eigenvalue weighted by molar-refractivity contribution is 5.29. The first kappa shape index (κ1) is 22.4. The first-order chi connectivity index (χ1) is 14.6. The van der Waals surface area contributed by atoms with Gasteiger partial charge in [-0.25, -0.2) is 0 Å². The molecule has 10 atom stereocenters. The third-order valence-electron chi connectivity index (χ3n) is 11.5. The van der Waals surface area contributed by atoms with Gasteiger partial charge in [-0.15, -0.1) is 0 Å². The summed E-state index contributed by atoms with van der Waals surface area (Å²) >= 11 is 0. The Balaban J connectivity index is 1.32. The molecule has 0 aromatic carbocycles. The van der Waals surface area contributed by atoms with Gasteiger partial charge in [-0.3, -0.25) is 0 Å². The summed E-state index contributed by atoms with van der Waals surface area (Å²) in [7, 11) is 0. The van der Waals surface area contributed by atoms with E-state index >= 15 is 0 Å². The minimum Gasteiger partial charge on any atom is -0.390 e. The molecular formula is C28H46O3. The van der Waals surface area contributed by atoms with Crippen LogP contribution in [0.4, 0.5) is 0 Å². The van der Waals surface area contributed by atoms with Crippen LogP contribution in [-0.2, 0) is 4.74 Å². The van der Waals surface area contributed by atoms with Crippen LogP contribution < -0.4 is 0 Å². The van der Waals surface area contributed by atoms with Gasteiger partial charge in [0.2, 0.25) is 0 Å². The van der Waals surface area contributed by atoms with Crippen molar-refractivity contribution in [1.29, 1.82) is 0 Å². The van der Waals surface area contributed by atoms with Crippen LogP contribution >= 0.6 is 0 Å². The summed E-state index contributed by atoms with van der Waals surface area (Å²) < 4.78 is 5.91. The number of hydrogen-bond donors (Lipinski definition) is 2. The molecule has 4 aliphatic carbocycles. The van der Waals surface area contributed by atoms with Gasteiger partial charge in [-0.05, 0) is 110 Å². The Kier molecular flexibility index (Phi) is 5.47. The third kappa shape index (κ3) is 3.31. The summed E-state index contributed by atoms with van der Waals surface area (Å²) in [5, 5.41) is 21.0. The SMILES string of the molecule is CC(C)[C@@]1(CC[C@@H](C)[C@H]2CC[C@H]3[C@@H]4CC=C5[C@H](O)[C@@H](O)CC[C@]5(C)[C@H]4CC[C@]23C)CO1. The molecule has 1 saturated heterocycles. The smallest absolute Gasteiger partial charge is 0.101 e. The van der Waals surface area contributed by atoms with Gasteiger partial charge in [-0.1, -0.05) is 40.7 Å². The standard InChI is InChI=1S/C28H46O3/c1-17(2)28(16-31-28)15-10-18(3)20-8-9-21-19-6-7-23-25(30)24(29)12-14-27(23,5)22(19)11-13-26(20,21)4/h7,17-22,24-25,29-30H,6,8-16H2,1-5H3/t18-,19+,20-,21+,22+,24+,25+,26-,27-,28-/m1/s1. The van der Waals surface area contributed by atoms with Crippen molar-refractivity contribution < 1.29 is 14.9 Å². The molecule has 176 valence electrons. The molecular weight excluding hydrogens is 384 g/mol. The van der Waals surface area contributed by atoms with Crippen molar-refractivity contribution in [1.82, 2.24) is 0 Å². The van der Waals surface area contributed by atoms with Gasteiger partial charge in [0.25, 0.3) is 0 Å². The van der Waals surface area contributed by atoms with Gasteiger partial charge in [0, 0.05) is 0 Å². The monoisotopic (exact) mass is 430 g/mol. The Labute approximate surface area is 190 Å². The van der Waals surface area contributed by atoms with Gasteiger partial charge in [0.15, 0.2) is 0 Å². The Morgan fingerprint density at radius 2 is 1.77 bits per heavy atom. The number of allylic oxidation sites excluding steroid dienone is 1. The topological polar surface area (TPSA) is 53.0 Å². The van der Waals surface area contributed by atoms with Crippen LogP contribution in [0.1, 0.15) is 92.4 Å². The first-order valence-corrected chi connectivity index (χ1v) is 13.3. The maximum atomic E-state index is 10.7. The maximum absolute atomic E-state index is 10.7. The van der Waals surface area contributed by atoms with Gasteiger partial charge < -0.3 is 14.9 Å². The number of fused-ring (bicyclic) bond motifs is 5. The van der Waals surface area contributed by atoms with Crippen molar-refractivity contribution in [3.8, 4) is 0 Å². The molecule has 0 aromatic heterocycles. The molecule has 3 nitrogen and oxygen atoms in total. The van der Waals surface area contributed by atoms with E-state index in [1.807, 2.05) is 0 Å². The Hall–Kier alpha value is -0.380. The van der Waals surface area contributed by atoms with Crippen LogP contribution in [0.25, 0.3) is 0 Å². The Bertz CT molecular complexity index is 724. The highest BCUT2D eigenvalue weighted by atomic mass is 16.6. The fourth-order valence-electron chi connectivity index (χ4n) is 9.23. The van der Waals surface area contributed by atoms with E-state index in [4.69, 9.17) is 4.74 Å². The average Bonchev–Trinajstić information content (AvgIpc) is 3.44. The fourth-order valence-corrected chi connectivity index (χ4v) is 9.23. The average molecular weight is 431 g/mol. The lowest BCUT2D eigenvalue weighted by molar-refractivity contribution is -0.0803. The molecule has 3 saturated carbocycles. The van der Waals surface area contributed by atoms with E-state index in [1.165, 1.54) is 44.1 Å². The molecule has 4 fully saturated rings. The lowest BCUT2D eigenvalue weighted by atomic mass is 9.46. The Morgan fingerprint density at radius 1 is 1.03 bits per heavy atom. The van der Waals surface area contributed by atoms with E-state index in [9.17, 15) is 10.2 Å². The molecule has 0 aromatic rings. The molecule has 0 radical (unpaired) electrons. The van der Waals surface area contributed by atoms with Gasteiger partial charge in [0.05, 0.1) is 18.3 Å². The van der Waals surface area contributed by atoms with Crippen LogP contribution in [0.5, 0.6) is 0 Å².